The predicted molar refractivity (Wildman–Crippen MR) is 76.5 cm³/mol. The van der Waals surface area contributed by atoms with Crippen LogP contribution in [0.5, 0.6) is 11.5 Å². The van der Waals surface area contributed by atoms with E-state index >= 15 is 0 Å². The molecule has 2 aromatic rings. The van der Waals surface area contributed by atoms with E-state index in [1.165, 1.54) is 30.3 Å². The molecule has 0 amide bonds. The highest BCUT2D eigenvalue weighted by molar-refractivity contribution is 5.87. The third-order valence-corrected chi connectivity index (χ3v) is 3.96. The van der Waals surface area contributed by atoms with Crippen LogP contribution < -0.4 is 4.74 Å². The smallest absolute Gasteiger partial charge is 0.335 e. The van der Waals surface area contributed by atoms with Gasteiger partial charge in [-0.2, -0.15) is 0 Å². The molecule has 3 rings (SSSR count). The van der Waals surface area contributed by atoms with Crippen molar-refractivity contribution in [1.82, 2.24) is 0 Å². The minimum atomic E-state index is -1.00. The number of hydrogen-bond donors (Lipinski definition) is 1. The Bertz CT molecular complexity index is 688. The van der Waals surface area contributed by atoms with E-state index in [-0.39, 0.29) is 16.7 Å². The second-order valence-corrected chi connectivity index (χ2v) is 5.64. The van der Waals surface area contributed by atoms with E-state index in [1.54, 1.807) is 6.07 Å². The maximum atomic E-state index is 14.1. The lowest BCUT2D eigenvalue weighted by atomic mass is 9.98. The number of aromatic carboxylic acids is 1. The van der Waals surface area contributed by atoms with Crippen molar-refractivity contribution in [3.05, 3.63) is 59.4 Å². The molecular weight excluding hydrogens is 271 g/mol. The van der Waals surface area contributed by atoms with Crippen LogP contribution >= 0.6 is 0 Å². The first-order valence-corrected chi connectivity index (χ1v) is 6.79. The van der Waals surface area contributed by atoms with E-state index in [4.69, 9.17) is 9.84 Å². The Balaban J connectivity index is 1.79. The minimum Gasteiger partial charge on any atom is -0.478 e. The molecule has 1 saturated carbocycles. The van der Waals surface area contributed by atoms with Gasteiger partial charge in [0.05, 0.1) is 5.56 Å². The van der Waals surface area contributed by atoms with Gasteiger partial charge in [-0.25, -0.2) is 9.18 Å². The van der Waals surface area contributed by atoms with Crippen LogP contribution in [0.2, 0.25) is 0 Å². The number of ether oxygens (including phenoxy) is 1. The van der Waals surface area contributed by atoms with Gasteiger partial charge in [-0.1, -0.05) is 13.0 Å². The Hall–Kier alpha value is -2.36. The van der Waals surface area contributed by atoms with Crippen LogP contribution in [0.3, 0.4) is 0 Å². The van der Waals surface area contributed by atoms with Gasteiger partial charge >= 0.3 is 5.97 Å². The van der Waals surface area contributed by atoms with E-state index in [2.05, 4.69) is 6.92 Å². The van der Waals surface area contributed by atoms with Gasteiger partial charge in [0.25, 0.3) is 0 Å². The topological polar surface area (TPSA) is 46.5 Å². The maximum absolute atomic E-state index is 14.1. The van der Waals surface area contributed by atoms with Crippen LogP contribution in [0.4, 0.5) is 4.39 Å². The van der Waals surface area contributed by atoms with Gasteiger partial charge in [0.1, 0.15) is 5.75 Å². The molecule has 0 unspecified atom stereocenters. The summed E-state index contributed by atoms with van der Waals surface area (Å²) in [6, 6.07) is 10.9. The van der Waals surface area contributed by atoms with Crippen LogP contribution in [0, 0.1) is 5.82 Å². The summed E-state index contributed by atoms with van der Waals surface area (Å²) in [5.41, 5.74) is 1.27. The Labute approximate surface area is 122 Å². The average Bonchev–Trinajstić information content (AvgIpc) is 3.21. The number of carboxylic acid groups (broad SMARTS) is 1. The van der Waals surface area contributed by atoms with Gasteiger partial charge in [-0.15, -0.1) is 0 Å². The fourth-order valence-corrected chi connectivity index (χ4v) is 2.23. The summed E-state index contributed by atoms with van der Waals surface area (Å²) in [5, 5.41) is 8.82. The largest absolute Gasteiger partial charge is 0.478 e. The number of hydrogen-bond acceptors (Lipinski definition) is 2. The fraction of sp³-hybridized carbons (Fsp3) is 0.235. The van der Waals surface area contributed by atoms with E-state index in [0.717, 1.165) is 18.4 Å². The van der Waals surface area contributed by atoms with Gasteiger partial charge in [-0.3, -0.25) is 0 Å². The quantitative estimate of drug-likeness (QED) is 0.908. The normalized spacial score (nSPS) is 15.5. The highest BCUT2D eigenvalue weighted by atomic mass is 19.1. The molecule has 0 spiro atoms. The average molecular weight is 286 g/mol. The first-order valence-electron chi connectivity index (χ1n) is 6.79. The number of carbonyl (C=O) groups is 1. The van der Waals surface area contributed by atoms with E-state index in [9.17, 15) is 9.18 Å². The van der Waals surface area contributed by atoms with Crippen molar-refractivity contribution in [2.45, 2.75) is 25.2 Å². The number of rotatable bonds is 4. The summed E-state index contributed by atoms with van der Waals surface area (Å²) in [5.74, 6) is -0.854. The molecule has 0 aromatic heterocycles. The van der Waals surface area contributed by atoms with Crippen molar-refractivity contribution in [2.75, 3.05) is 0 Å². The monoisotopic (exact) mass is 286 g/mol. The van der Waals surface area contributed by atoms with E-state index < -0.39 is 11.8 Å². The number of benzene rings is 2. The molecule has 1 aliphatic carbocycles. The third kappa shape index (κ3) is 2.75. The SMILES string of the molecule is CC1(c2ccc(Oc3ccc(C(=O)O)cc3)c(F)c2)CC1. The summed E-state index contributed by atoms with van der Waals surface area (Å²) >= 11 is 0. The molecule has 108 valence electrons. The minimum absolute atomic E-state index is 0.114. The molecular formula is C17H15FO3. The molecule has 1 fully saturated rings. The molecule has 21 heavy (non-hydrogen) atoms. The molecule has 0 radical (unpaired) electrons. The fourth-order valence-electron chi connectivity index (χ4n) is 2.23. The van der Waals surface area contributed by atoms with Crippen LogP contribution in [0.15, 0.2) is 42.5 Å². The van der Waals surface area contributed by atoms with Crippen LogP contribution in [-0.2, 0) is 5.41 Å². The van der Waals surface area contributed by atoms with Gasteiger partial charge in [0.2, 0.25) is 0 Å². The lowest BCUT2D eigenvalue weighted by Crippen LogP contribution is -2.01. The first kappa shape index (κ1) is 13.6. The van der Waals surface area contributed by atoms with Crippen molar-refractivity contribution < 1.29 is 19.0 Å². The number of carboxylic acids is 1. The molecule has 4 heteroatoms. The Morgan fingerprint density at radius 3 is 2.38 bits per heavy atom. The van der Waals surface area contributed by atoms with E-state index in [0.29, 0.717) is 5.75 Å². The van der Waals surface area contributed by atoms with Gasteiger partial charge in [0.15, 0.2) is 11.6 Å². The highest BCUT2D eigenvalue weighted by Gasteiger charge is 2.39. The van der Waals surface area contributed by atoms with Crippen molar-refractivity contribution in [1.29, 1.82) is 0 Å². The summed E-state index contributed by atoms with van der Waals surface area (Å²) in [7, 11) is 0. The van der Waals surface area contributed by atoms with E-state index in [1.807, 2.05) is 6.07 Å². The summed E-state index contributed by atoms with van der Waals surface area (Å²) in [4.78, 5) is 10.8. The molecule has 0 aliphatic heterocycles. The Morgan fingerprint density at radius 1 is 1.19 bits per heavy atom. The zero-order valence-electron chi connectivity index (χ0n) is 11.6. The van der Waals surface area contributed by atoms with Crippen molar-refractivity contribution in [3.63, 3.8) is 0 Å². The highest BCUT2D eigenvalue weighted by Crippen LogP contribution is 2.48. The molecule has 1 N–H and O–H groups in total. The van der Waals surface area contributed by atoms with Crippen molar-refractivity contribution >= 4 is 5.97 Å². The zero-order valence-corrected chi connectivity index (χ0v) is 11.6. The van der Waals surface area contributed by atoms with Gasteiger partial charge < -0.3 is 9.84 Å². The number of halogens is 1. The van der Waals surface area contributed by atoms with Gasteiger partial charge in [-0.05, 0) is 60.2 Å². The van der Waals surface area contributed by atoms with Crippen molar-refractivity contribution in [2.24, 2.45) is 0 Å². The lowest BCUT2D eigenvalue weighted by molar-refractivity contribution is 0.0697. The molecule has 0 atom stereocenters. The summed E-state index contributed by atoms with van der Waals surface area (Å²) in [6.45, 7) is 2.12. The van der Waals surface area contributed by atoms with Crippen LogP contribution in [-0.4, -0.2) is 11.1 Å². The van der Waals surface area contributed by atoms with Crippen LogP contribution in [0.25, 0.3) is 0 Å². The molecule has 0 heterocycles. The Kier molecular flexibility index (Phi) is 3.16. The second-order valence-electron chi connectivity index (χ2n) is 5.64. The first-order chi connectivity index (χ1) is 9.98. The molecule has 0 saturated heterocycles. The molecule has 3 nitrogen and oxygen atoms in total. The summed E-state index contributed by atoms with van der Waals surface area (Å²) in [6.07, 6.45) is 2.17. The molecule has 1 aliphatic rings. The van der Waals surface area contributed by atoms with Crippen molar-refractivity contribution in [3.8, 4) is 11.5 Å². The standard InChI is InChI=1S/C17H15FO3/c1-17(8-9-17)12-4-7-15(14(18)10-12)21-13-5-2-11(3-6-13)16(19)20/h2-7,10H,8-9H2,1H3,(H,19,20). The zero-order chi connectivity index (χ0) is 15.0. The summed E-state index contributed by atoms with van der Waals surface area (Å²) < 4.78 is 19.5. The predicted octanol–water partition coefficient (Wildman–Crippen LogP) is 4.37. The van der Waals surface area contributed by atoms with Gasteiger partial charge in [0, 0.05) is 0 Å². The molecule has 0 bridgehead atoms. The third-order valence-electron chi connectivity index (χ3n) is 3.96. The maximum Gasteiger partial charge on any atom is 0.335 e. The molecule has 2 aromatic carbocycles. The second kappa shape index (κ2) is 4.88. The Morgan fingerprint density at radius 2 is 1.86 bits per heavy atom. The lowest BCUT2D eigenvalue weighted by Gasteiger charge is -2.12. The van der Waals surface area contributed by atoms with Crippen LogP contribution in [0.1, 0.15) is 35.7 Å².